The van der Waals surface area contributed by atoms with Gasteiger partial charge in [0, 0.05) is 20.7 Å². The molecule has 0 spiro atoms. The molecule has 1 aliphatic carbocycles. The zero-order valence-electron chi connectivity index (χ0n) is 10.0. The van der Waals surface area contributed by atoms with E-state index in [9.17, 15) is 9.59 Å². The van der Waals surface area contributed by atoms with Crippen LogP contribution in [0.4, 0.5) is 5.69 Å². The van der Waals surface area contributed by atoms with Gasteiger partial charge in [-0.1, -0.05) is 15.9 Å². The van der Waals surface area contributed by atoms with Crippen LogP contribution in [-0.2, 0) is 9.59 Å². The Labute approximate surface area is 127 Å². The van der Waals surface area contributed by atoms with Crippen LogP contribution in [0.5, 0.6) is 0 Å². The Morgan fingerprint density at radius 1 is 1.21 bits per heavy atom. The van der Waals surface area contributed by atoms with Crippen molar-refractivity contribution in [2.75, 3.05) is 5.32 Å². The fourth-order valence-electron chi connectivity index (χ4n) is 2.27. The summed E-state index contributed by atoms with van der Waals surface area (Å²) < 4.78 is 1.82. The molecule has 1 aliphatic heterocycles. The molecule has 2 fully saturated rings. The molecule has 1 atom stereocenters. The van der Waals surface area contributed by atoms with Gasteiger partial charge in [0.1, 0.15) is 6.04 Å². The van der Waals surface area contributed by atoms with E-state index in [0.717, 1.165) is 27.5 Å². The molecule has 0 radical (unpaired) electrons. The lowest BCUT2D eigenvalue weighted by molar-refractivity contribution is -0.139. The molecule has 2 aliphatic rings. The first-order valence-corrected chi connectivity index (χ1v) is 7.72. The van der Waals surface area contributed by atoms with Crippen molar-refractivity contribution in [1.29, 1.82) is 0 Å². The van der Waals surface area contributed by atoms with Gasteiger partial charge in [-0.3, -0.25) is 14.5 Å². The van der Waals surface area contributed by atoms with Crippen molar-refractivity contribution < 1.29 is 9.59 Å². The Bertz CT molecular complexity index is 558. The number of anilines is 1. The van der Waals surface area contributed by atoms with Crippen molar-refractivity contribution in [3.8, 4) is 0 Å². The molecule has 4 nitrogen and oxygen atoms in total. The number of carbonyl (C=O) groups excluding carboxylic acids is 2. The normalized spacial score (nSPS) is 23.1. The van der Waals surface area contributed by atoms with E-state index in [0.29, 0.717) is 0 Å². The molecule has 1 unspecified atom stereocenters. The van der Waals surface area contributed by atoms with Gasteiger partial charge in [-0.2, -0.15) is 0 Å². The highest BCUT2D eigenvalue weighted by Crippen LogP contribution is 2.33. The van der Waals surface area contributed by atoms with Gasteiger partial charge in [0.2, 0.25) is 5.91 Å². The standard InChI is InChI=1S/C13H12Br2N2O2/c14-7-1-4-10(9(15)5-7)16-11-6-12(18)17(13(11)19)8-2-3-8/h1,4-5,8,11,16H,2-3,6H2. The summed E-state index contributed by atoms with van der Waals surface area (Å²) in [6, 6.07) is 5.40. The third-order valence-corrected chi connectivity index (χ3v) is 4.51. The first kappa shape index (κ1) is 13.1. The molecule has 2 amide bonds. The van der Waals surface area contributed by atoms with Crippen molar-refractivity contribution in [2.45, 2.75) is 31.3 Å². The molecule has 1 heterocycles. The van der Waals surface area contributed by atoms with Crippen LogP contribution < -0.4 is 5.32 Å². The minimum Gasteiger partial charge on any atom is -0.372 e. The molecule has 0 aromatic heterocycles. The van der Waals surface area contributed by atoms with E-state index in [1.165, 1.54) is 4.90 Å². The SMILES string of the molecule is O=C1CC(Nc2ccc(Br)cc2Br)C(=O)N1C1CC1. The molecule has 6 heteroatoms. The molecule has 1 saturated heterocycles. The van der Waals surface area contributed by atoms with Crippen LogP contribution >= 0.6 is 31.9 Å². The average Bonchev–Trinajstić information content (AvgIpc) is 3.12. The lowest BCUT2D eigenvalue weighted by atomic mass is 10.2. The number of hydrogen-bond donors (Lipinski definition) is 1. The number of amides is 2. The van der Waals surface area contributed by atoms with Gasteiger partial charge in [0.25, 0.3) is 5.91 Å². The van der Waals surface area contributed by atoms with Crippen LogP contribution in [0.3, 0.4) is 0 Å². The summed E-state index contributed by atoms with van der Waals surface area (Å²) in [7, 11) is 0. The molecule has 19 heavy (non-hydrogen) atoms. The van der Waals surface area contributed by atoms with E-state index < -0.39 is 6.04 Å². The van der Waals surface area contributed by atoms with Crippen LogP contribution in [0.15, 0.2) is 27.1 Å². The largest absolute Gasteiger partial charge is 0.372 e. The smallest absolute Gasteiger partial charge is 0.252 e. The number of likely N-dealkylation sites (tertiary alicyclic amines) is 1. The van der Waals surface area contributed by atoms with Crippen molar-refractivity contribution in [3.63, 3.8) is 0 Å². The summed E-state index contributed by atoms with van der Waals surface area (Å²) in [4.78, 5) is 25.5. The van der Waals surface area contributed by atoms with E-state index in [1.807, 2.05) is 18.2 Å². The topological polar surface area (TPSA) is 49.4 Å². The zero-order valence-corrected chi connectivity index (χ0v) is 13.2. The maximum atomic E-state index is 12.2. The van der Waals surface area contributed by atoms with Gasteiger partial charge < -0.3 is 5.32 Å². The predicted octanol–water partition coefficient (Wildman–Crippen LogP) is 2.91. The molecule has 0 bridgehead atoms. The highest BCUT2D eigenvalue weighted by atomic mass is 79.9. The summed E-state index contributed by atoms with van der Waals surface area (Å²) >= 11 is 6.82. The number of carbonyl (C=O) groups is 2. The minimum absolute atomic E-state index is 0.0572. The van der Waals surface area contributed by atoms with Gasteiger partial charge in [0.05, 0.1) is 6.42 Å². The Balaban J connectivity index is 1.76. The number of rotatable bonds is 3. The number of nitrogens with one attached hydrogen (secondary N) is 1. The predicted molar refractivity (Wildman–Crippen MR) is 78.7 cm³/mol. The monoisotopic (exact) mass is 386 g/mol. The molecule has 100 valence electrons. The van der Waals surface area contributed by atoms with Crippen molar-refractivity contribution in [3.05, 3.63) is 27.1 Å². The van der Waals surface area contributed by atoms with E-state index in [2.05, 4.69) is 37.2 Å². The van der Waals surface area contributed by atoms with E-state index in [4.69, 9.17) is 0 Å². The number of nitrogens with zero attached hydrogens (tertiary/aromatic N) is 1. The molecule has 1 aromatic rings. The highest BCUT2D eigenvalue weighted by molar-refractivity contribution is 9.11. The van der Waals surface area contributed by atoms with Crippen LogP contribution in [0.1, 0.15) is 19.3 Å². The summed E-state index contributed by atoms with van der Waals surface area (Å²) in [5.41, 5.74) is 0.826. The lowest BCUT2D eigenvalue weighted by Crippen LogP contribution is -2.36. The molecule has 3 rings (SSSR count). The van der Waals surface area contributed by atoms with E-state index in [1.54, 1.807) is 0 Å². The summed E-state index contributed by atoms with van der Waals surface area (Å²) in [5.74, 6) is -0.152. The number of halogens is 2. The van der Waals surface area contributed by atoms with Crippen LogP contribution in [0, 0.1) is 0 Å². The van der Waals surface area contributed by atoms with Crippen LogP contribution in [0.2, 0.25) is 0 Å². The second kappa shape index (κ2) is 4.90. The molecular formula is C13H12Br2N2O2. The molecular weight excluding hydrogens is 376 g/mol. The fourth-order valence-corrected chi connectivity index (χ4v) is 3.44. The summed E-state index contributed by atoms with van der Waals surface area (Å²) in [6.07, 6.45) is 2.15. The zero-order chi connectivity index (χ0) is 13.6. The van der Waals surface area contributed by atoms with Gasteiger partial charge >= 0.3 is 0 Å². The van der Waals surface area contributed by atoms with Gasteiger partial charge in [-0.15, -0.1) is 0 Å². The first-order chi connectivity index (χ1) is 9.06. The third kappa shape index (κ3) is 2.56. The number of hydrogen-bond acceptors (Lipinski definition) is 3. The summed E-state index contributed by atoms with van der Waals surface area (Å²) in [6.45, 7) is 0. The van der Waals surface area contributed by atoms with Crippen molar-refractivity contribution in [1.82, 2.24) is 4.90 Å². The van der Waals surface area contributed by atoms with Crippen molar-refractivity contribution >= 4 is 49.4 Å². The first-order valence-electron chi connectivity index (χ1n) is 6.14. The lowest BCUT2D eigenvalue weighted by Gasteiger charge is -2.16. The maximum absolute atomic E-state index is 12.2. The number of benzene rings is 1. The van der Waals surface area contributed by atoms with Crippen molar-refractivity contribution in [2.24, 2.45) is 0 Å². The third-order valence-electron chi connectivity index (χ3n) is 3.36. The minimum atomic E-state index is -0.439. The van der Waals surface area contributed by atoms with E-state index >= 15 is 0 Å². The van der Waals surface area contributed by atoms with E-state index in [-0.39, 0.29) is 24.3 Å². The van der Waals surface area contributed by atoms with Gasteiger partial charge in [-0.05, 0) is 47.0 Å². The quantitative estimate of drug-likeness (QED) is 0.811. The Kier molecular flexibility index (Phi) is 3.39. The van der Waals surface area contributed by atoms with Crippen LogP contribution in [-0.4, -0.2) is 28.8 Å². The summed E-state index contributed by atoms with van der Waals surface area (Å²) in [5, 5.41) is 3.15. The van der Waals surface area contributed by atoms with Crippen LogP contribution in [0.25, 0.3) is 0 Å². The Hall–Kier alpha value is -0.880. The van der Waals surface area contributed by atoms with Gasteiger partial charge in [0.15, 0.2) is 0 Å². The highest BCUT2D eigenvalue weighted by Gasteiger charge is 2.46. The Morgan fingerprint density at radius 2 is 1.95 bits per heavy atom. The molecule has 1 aromatic carbocycles. The Morgan fingerprint density at radius 3 is 2.58 bits per heavy atom. The second-order valence-corrected chi connectivity index (χ2v) is 6.63. The fraction of sp³-hybridized carbons (Fsp3) is 0.385. The molecule has 1 N–H and O–H groups in total. The maximum Gasteiger partial charge on any atom is 0.252 e. The second-order valence-electron chi connectivity index (χ2n) is 4.86. The van der Waals surface area contributed by atoms with Gasteiger partial charge in [-0.25, -0.2) is 0 Å². The average molecular weight is 388 g/mol. The molecule has 1 saturated carbocycles. The number of imide groups is 1.